The molecule has 0 amide bonds. The first-order valence-electron chi connectivity index (χ1n) is 5.79. The Morgan fingerprint density at radius 1 is 1.44 bits per heavy atom. The van der Waals surface area contributed by atoms with Crippen LogP contribution in [0.25, 0.3) is 0 Å². The van der Waals surface area contributed by atoms with Gasteiger partial charge in [0.15, 0.2) is 0 Å². The Morgan fingerprint density at radius 2 is 2.06 bits per heavy atom. The summed E-state index contributed by atoms with van der Waals surface area (Å²) in [6, 6.07) is 2.12. The fourth-order valence-electron chi connectivity index (χ4n) is 2.72. The third kappa shape index (κ3) is 1.46. The summed E-state index contributed by atoms with van der Waals surface area (Å²) >= 11 is 1.79. The molecule has 0 heterocycles. The normalized spacial score (nSPS) is 22.2. The molecule has 1 aliphatic carbocycles. The van der Waals surface area contributed by atoms with Crippen LogP contribution in [0.15, 0.2) is 11.0 Å². The Hall–Kier alpha value is -0.630. The predicted molar refractivity (Wildman–Crippen MR) is 70.5 cm³/mol. The minimum atomic E-state index is 0.179. The molecule has 0 fully saturated rings. The summed E-state index contributed by atoms with van der Waals surface area (Å²) < 4.78 is 0. The van der Waals surface area contributed by atoms with Crippen molar-refractivity contribution in [2.75, 3.05) is 6.26 Å². The highest BCUT2D eigenvalue weighted by atomic mass is 32.2. The molecule has 0 saturated carbocycles. The van der Waals surface area contributed by atoms with Crippen LogP contribution in [0.4, 0.5) is 0 Å². The number of fused-ring (bicyclic) bond motifs is 1. The second-order valence-electron chi connectivity index (χ2n) is 5.42. The van der Waals surface area contributed by atoms with Crippen molar-refractivity contribution in [2.24, 2.45) is 5.92 Å². The molecule has 2 heteroatoms. The first-order valence-corrected chi connectivity index (χ1v) is 7.02. The van der Waals surface area contributed by atoms with Crippen LogP contribution in [0.3, 0.4) is 0 Å². The van der Waals surface area contributed by atoms with Gasteiger partial charge >= 0.3 is 0 Å². The molecule has 1 aromatic carbocycles. The number of aromatic hydroxyl groups is 1. The molecule has 1 aromatic rings. The second-order valence-corrected chi connectivity index (χ2v) is 6.27. The van der Waals surface area contributed by atoms with Crippen molar-refractivity contribution in [2.45, 2.75) is 44.4 Å². The van der Waals surface area contributed by atoms with E-state index in [-0.39, 0.29) is 5.41 Å². The summed E-state index contributed by atoms with van der Waals surface area (Å²) in [7, 11) is 0. The van der Waals surface area contributed by atoms with Crippen molar-refractivity contribution in [3.63, 3.8) is 0 Å². The van der Waals surface area contributed by atoms with Crippen molar-refractivity contribution in [1.29, 1.82) is 0 Å². The van der Waals surface area contributed by atoms with Crippen LogP contribution in [0.5, 0.6) is 5.75 Å². The number of aryl methyl sites for hydroxylation is 1. The fraction of sp³-hybridized carbons (Fsp3) is 0.571. The van der Waals surface area contributed by atoms with Gasteiger partial charge in [-0.05, 0) is 53.7 Å². The van der Waals surface area contributed by atoms with Gasteiger partial charge in [0, 0.05) is 4.90 Å². The zero-order valence-corrected chi connectivity index (χ0v) is 11.5. The van der Waals surface area contributed by atoms with E-state index in [4.69, 9.17) is 0 Å². The SMILES string of the molecule is CSc1cc(C)c(O)c2c1C(C)(C)C(C)C2. The molecule has 1 aliphatic rings. The molecule has 0 aromatic heterocycles. The molecule has 0 aliphatic heterocycles. The third-order valence-corrected chi connectivity index (χ3v) is 4.92. The first-order chi connectivity index (χ1) is 7.39. The lowest BCUT2D eigenvalue weighted by atomic mass is 9.79. The molecule has 0 saturated heterocycles. The largest absolute Gasteiger partial charge is 0.507 e. The van der Waals surface area contributed by atoms with E-state index in [1.54, 1.807) is 11.8 Å². The lowest BCUT2D eigenvalue weighted by Crippen LogP contribution is -2.22. The number of thioether (sulfide) groups is 1. The maximum atomic E-state index is 10.2. The molecule has 1 nitrogen and oxygen atoms in total. The van der Waals surface area contributed by atoms with Crippen molar-refractivity contribution in [1.82, 2.24) is 0 Å². The Balaban J connectivity index is 2.74. The van der Waals surface area contributed by atoms with E-state index in [9.17, 15) is 5.11 Å². The van der Waals surface area contributed by atoms with Crippen molar-refractivity contribution < 1.29 is 5.11 Å². The fourth-order valence-corrected chi connectivity index (χ4v) is 3.60. The number of phenols is 1. The molecule has 0 spiro atoms. The van der Waals surface area contributed by atoms with Gasteiger partial charge < -0.3 is 5.11 Å². The lowest BCUT2D eigenvalue weighted by molar-refractivity contribution is 0.375. The van der Waals surface area contributed by atoms with Gasteiger partial charge in [-0.25, -0.2) is 0 Å². The van der Waals surface area contributed by atoms with Crippen molar-refractivity contribution >= 4 is 11.8 Å². The van der Waals surface area contributed by atoms with Crippen LogP contribution in [-0.2, 0) is 11.8 Å². The van der Waals surface area contributed by atoms with E-state index in [0.717, 1.165) is 12.0 Å². The van der Waals surface area contributed by atoms with Crippen LogP contribution in [0.1, 0.15) is 37.5 Å². The number of phenolic OH excluding ortho intramolecular Hbond substituents is 1. The third-order valence-electron chi connectivity index (χ3n) is 4.16. The Labute approximate surface area is 102 Å². The average Bonchev–Trinajstić information content (AvgIpc) is 2.45. The van der Waals surface area contributed by atoms with E-state index in [1.165, 1.54) is 16.0 Å². The zero-order chi connectivity index (χ0) is 12.1. The molecule has 88 valence electrons. The summed E-state index contributed by atoms with van der Waals surface area (Å²) in [5.41, 5.74) is 3.74. The summed E-state index contributed by atoms with van der Waals surface area (Å²) in [6.07, 6.45) is 3.12. The van der Waals surface area contributed by atoms with Crippen LogP contribution in [-0.4, -0.2) is 11.4 Å². The zero-order valence-electron chi connectivity index (χ0n) is 10.7. The molecule has 1 unspecified atom stereocenters. The Kier molecular flexibility index (Phi) is 2.73. The van der Waals surface area contributed by atoms with Gasteiger partial charge in [-0.3, -0.25) is 0 Å². The van der Waals surface area contributed by atoms with Crippen LogP contribution >= 0.6 is 11.8 Å². The number of hydrogen-bond acceptors (Lipinski definition) is 2. The Bertz CT molecular complexity index is 435. The van der Waals surface area contributed by atoms with Gasteiger partial charge in [0.2, 0.25) is 0 Å². The van der Waals surface area contributed by atoms with Crippen LogP contribution in [0.2, 0.25) is 0 Å². The summed E-state index contributed by atoms with van der Waals surface area (Å²) in [5.74, 6) is 1.12. The van der Waals surface area contributed by atoms with E-state index < -0.39 is 0 Å². The van der Waals surface area contributed by atoms with Crippen LogP contribution in [0, 0.1) is 12.8 Å². The molecular formula is C14H20OS. The molecule has 1 atom stereocenters. The highest BCUT2D eigenvalue weighted by molar-refractivity contribution is 7.98. The minimum Gasteiger partial charge on any atom is -0.507 e. The maximum Gasteiger partial charge on any atom is 0.122 e. The highest BCUT2D eigenvalue weighted by Crippen LogP contribution is 2.50. The summed E-state index contributed by atoms with van der Waals surface area (Å²) in [6.45, 7) is 8.85. The van der Waals surface area contributed by atoms with Gasteiger partial charge in [-0.2, -0.15) is 0 Å². The highest BCUT2D eigenvalue weighted by Gasteiger charge is 2.40. The topological polar surface area (TPSA) is 20.2 Å². The summed E-state index contributed by atoms with van der Waals surface area (Å²) in [5, 5.41) is 10.2. The van der Waals surface area contributed by atoms with E-state index >= 15 is 0 Å². The Morgan fingerprint density at radius 3 is 2.62 bits per heavy atom. The first kappa shape index (κ1) is 11.8. The molecule has 0 bridgehead atoms. The second kappa shape index (κ2) is 3.69. The average molecular weight is 236 g/mol. The van der Waals surface area contributed by atoms with Gasteiger partial charge in [-0.1, -0.05) is 20.8 Å². The molecule has 1 N–H and O–H groups in total. The smallest absolute Gasteiger partial charge is 0.122 e. The van der Waals surface area contributed by atoms with Crippen molar-refractivity contribution in [3.8, 4) is 5.75 Å². The standard InChI is InChI=1S/C14H20OS/c1-8-6-11(16-5)12-10(13(8)15)7-9(2)14(12,3)4/h6,9,15H,7H2,1-5H3. The molecular weight excluding hydrogens is 216 g/mol. The molecule has 0 radical (unpaired) electrons. The number of benzene rings is 1. The van der Waals surface area contributed by atoms with Gasteiger partial charge in [0.05, 0.1) is 0 Å². The van der Waals surface area contributed by atoms with Crippen molar-refractivity contribution in [3.05, 3.63) is 22.8 Å². The van der Waals surface area contributed by atoms with E-state index in [1.807, 2.05) is 6.92 Å². The monoisotopic (exact) mass is 236 g/mol. The summed E-state index contributed by atoms with van der Waals surface area (Å²) in [4.78, 5) is 1.33. The van der Waals surface area contributed by atoms with Gasteiger partial charge in [-0.15, -0.1) is 11.8 Å². The predicted octanol–water partition coefficient (Wildman–Crippen LogP) is 3.89. The molecule has 16 heavy (non-hydrogen) atoms. The minimum absolute atomic E-state index is 0.179. The van der Waals surface area contributed by atoms with Gasteiger partial charge in [0.1, 0.15) is 5.75 Å². The number of rotatable bonds is 1. The quantitative estimate of drug-likeness (QED) is 0.746. The van der Waals surface area contributed by atoms with E-state index in [0.29, 0.717) is 11.7 Å². The molecule has 2 rings (SSSR count). The lowest BCUT2D eigenvalue weighted by Gasteiger charge is -2.27. The maximum absolute atomic E-state index is 10.2. The van der Waals surface area contributed by atoms with Gasteiger partial charge in [0.25, 0.3) is 0 Å². The van der Waals surface area contributed by atoms with Crippen LogP contribution < -0.4 is 0 Å². The van der Waals surface area contributed by atoms with E-state index in [2.05, 4.69) is 33.1 Å². The number of hydrogen-bond donors (Lipinski definition) is 1.